The second-order valence-corrected chi connectivity index (χ2v) is 6.24. The number of sulfonamides is 1. The standard InChI is InChI=1S/C9H13NO4S2/c1-16(13,14)10-6-7(5-9(11)12)8-3-2-4-15-8/h2-4,7,10H,5-6H2,1H3,(H,11,12). The first kappa shape index (κ1) is 13.1. The maximum absolute atomic E-state index is 10.9. The van der Waals surface area contributed by atoms with Crippen LogP contribution >= 0.6 is 11.3 Å². The van der Waals surface area contributed by atoms with Crippen LogP contribution in [0.2, 0.25) is 0 Å². The van der Waals surface area contributed by atoms with Gasteiger partial charge in [-0.05, 0) is 11.4 Å². The summed E-state index contributed by atoms with van der Waals surface area (Å²) in [5, 5.41) is 10.6. The summed E-state index contributed by atoms with van der Waals surface area (Å²) in [5.74, 6) is -1.25. The lowest BCUT2D eigenvalue weighted by Crippen LogP contribution is -2.28. The molecule has 0 aliphatic rings. The van der Waals surface area contributed by atoms with E-state index in [1.165, 1.54) is 11.3 Å². The number of carboxylic acids is 1. The van der Waals surface area contributed by atoms with Crippen LogP contribution in [0.25, 0.3) is 0 Å². The minimum Gasteiger partial charge on any atom is -0.481 e. The summed E-state index contributed by atoms with van der Waals surface area (Å²) in [6.45, 7) is 0.117. The molecule has 0 fully saturated rings. The predicted octanol–water partition coefficient (Wildman–Crippen LogP) is 0.856. The Labute approximate surface area is 98.2 Å². The zero-order valence-corrected chi connectivity index (χ0v) is 10.3. The van der Waals surface area contributed by atoms with Crippen molar-refractivity contribution < 1.29 is 18.3 Å². The van der Waals surface area contributed by atoms with Crippen LogP contribution in [0.3, 0.4) is 0 Å². The quantitative estimate of drug-likeness (QED) is 0.797. The van der Waals surface area contributed by atoms with E-state index in [1.54, 1.807) is 0 Å². The molecule has 0 amide bonds. The first-order valence-corrected chi connectivity index (χ1v) is 7.35. The third-order valence-electron chi connectivity index (χ3n) is 1.96. The van der Waals surface area contributed by atoms with E-state index in [9.17, 15) is 13.2 Å². The summed E-state index contributed by atoms with van der Waals surface area (Å²) in [6.07, 6.45) is 0.974. The van der Waals surface area contributed by atoms with Crippen LogP contribution in [0.5, 0.6) is 0 Å². The zero-order valence-electron chi connectivity index (χ0n) is 8.71. The lowest BCUT2D eigenvalue weighted by Gasteiger charge is -2.12. The van der Waals surface area contributed by atoms with Gasteiger partial charge in [0.1, 0.15) is 0 Å². The number of carboxylic acid groups (broad SMARTS) is 1. The molecule has 16 heavy (non-hydrogen) atoms. The first-order chi connectivity index (χ1) is 7.38. The molecule has 2 N–H and O–H groups in total. The Morgan fingerprint density at radius 1 is 1.62 bits per heavy atom. The fourth-order valence-corrected chi connectivity index (χ4v) is 2.59. The van der Waals surface area contributed by atoms with Gasteiger partial charge in [0.2, 0.25) is 10.0 Å². The molecule has 0 aromatic carbocycles. The third-order valence-corrected chi connectivity index (χ3v) is 3.68. The van der Waals surface area contributed by atoms with E-state index in [1.807, 2.05) is 17.5 Å². The van der Waals surface area contributed by atoms with Crippen LogP contribution < -0.4 is 4.72 Å². The number of thiophene rings is 1. The van der Waals surface area contributed by atoms with Gasteiger partial charge in [-0.1, -0.05) is 6.07 Å². The molecule has 7 heteroatoms. The fraction of sp³-hybridized carbons (Fsp3) is 0.444. The highest BCUT2D eigenvalue weighted by molar-refractivity contribution is 7.88. The minimum absolute atomic E-state index is 0.0803. The molecule has 1 aromatic heterocycles. The molecule has 1 aromatic rings. The monoisotopic (exact) mass is 263 g/mol. The number of aliphatic carboxylic acids is 1. The number of rotatable bonds is 6. The van der Waals surface area contributed by atoms with Gasteiger partial charge >= 0.3 is 5.97 Å². The van der Waals surface area contributed by atoms with Crippen LogP contribution in [0, 0.1) is 0 Å². The zero-order chi connectivity index (χ0) is 12.2. The molecule has 0 bridgehead atoms. The van der Waals surface area contributed by atoms with Crippen molar-refractivity contribution in [1.29, 1.82) is 0 Å². The molecule has 1 heterocycles. The molecule has 5 nitrogen and oxygen atoms in total. The SMILES string of the molecule is CS(=O)(=O)NCC(CC(=O)O)c1cccs1. The highest BCUT2D eigenvalue weighted by atomic mass is 32.2. The molecule has 90 valence electrons. The van der Waals surface area contributed by atoms with E-state index in [0.29, 0.717) is 0 Å². The first-order valence-electron chi connectivity index (χ1n) is 4.58. The molecule has 1 atom stereocenters. The molecule has 1 rings (SSSR count). The summed E-state index contributed by atoms with van der Waals surface area (Å²) in [5.41, 5.74) is 0. The maximum Gasteiger partial charge on any atom is 0.304 e. The van der Waals surface area contributed by atoms with E-state index in [-0.39, 0.29) is 18.9 Å². The Bertz CT molecular complexity index is 438. The number of hydrogen-bond donors (Lipinski definition) is 2. The Morgan fingerprint density at radius 3 is 2.75 bits per heavy atom. The average Bonchev–Trinajstić information content (AvgIpc) is 2.62. The van der Waals surface area contributed by atoms with Gasteiger partial charge in [-0.3, -0.25) is 4.79 Å². The Balaban J connectivity index is 2.69. The lowest BCUT2D eigenvalue weighted by atomic mass is 10.0. The highest BCUT2D eigenvalue weighted by Crippen LogP contribution is 2.23. The average molecular weight is 263 g/mol. The van der Waals surface area contributed by atoms with Crippen molar-refractivity contribution in [3.8, 4) is 0 Å². The van der Waals surface area contributed by atoms with Gasteiger partial charge in [0.25, 0.3) is 0 Å². The molecule has 1 unspecified atom stereocenters. The number of hydrogen-bond acceptors (Lipinski definition) is 4. The van der Waals surface area contributed by atoms with Gasteiger partial charge in [0, 0.05) is 17.3 Å². The number of carbonyl (C=O) groups is 1. The third kappa shape index (κ3) is 4.73. The van der Waals surface area contributed by atoms with Gasteiger partial charge in [-0.2, -0.15) is 0 Å². The van der Waals surface area contributed by atoms with E-state index in [0.717, 1.165) is 11.1 Å². The van der Waals surface area contributed by atoms with Crippen molar-refractivity contribution in [3.05, 3.63) is 22.4 Å². The Hall–Kier alpha value is -0.920. The smallest absolute Gasteiger partial charge is 0.304 e. The van der Waals surface area contributed by atoms with Crippen molar-refractivity contribution in [2.75, 3.05) is 12.8 Å². The molecular weight excluding hydrogens is 250 g/mol. The molecule has 0 spiro atoms. The van der Waals surface area contributed by atoms with Crippen molar-refractivity contribution in [1.82, 2.24) is 4.72 Å². The summed E-state index contributed by atoms with van der Waals surface area (Å²) < 4.78 is 24.2. The number of nitrogens with one attached hydrogen (secondary N) is 1. The Kier molecular flexibility index (Phi) is 4.45. The van der Waals surface area contributed by atoms with Crippen LogP contribution in [0.15, 0.2) is 17.5 Å². The topological polar surface area (TPSA) is 83.5 Å². The lowest BCUT2D eigenvalue weighted by molar-refractivity contribution is -0.137. The van der Waals surface area contributed by atoms with E-state index < -0.39 is 16.0 Å². The largest absolute Gasteiger partial charge is 0.481 e. The second kappa shape index (κ2) is 5.42. The van der Waals surface area contributed by atoms with Crippen molar-refractivity contribution in [2.45, 2.75) is 12.3 Å². The van der Waals surface area contributed by atoms with Gasteiger partial charge in [-0.15, -0.1) is 11.3 Å². The molecular formula is C9H13NO4S2. The second-order valence-electron chi connectivity index (χ2n) is 3.43. The summed E-state index contributed by atoms with van der Waals surface area (Å²) in [6, 6.07) is 3.62. The molecule has 0 aliphatic heterocycles. The van der Waals surface area contributed by atoms with Gasteiger partial charge in [0.05, 0.1) is 12.7 Å². The van der Waals surface area contributed by atoms with Crippen molar-refractivity contribution in [3.63, 3.8) is 0 Å². The maximum atomic E-state index is 10.9. The fourth-order valence-electron chi connectivity index (χ4n) is 1.26. The summed E-state index contributed by atoms with van der Waals surface area (Å²) in [4.78, 5) is 11.5. The van der Waals surface area contributed by atoms with Crippen LogP contribution in [-0.2, 0) is 14.8 Å². The highest BCUT2D eigenvalue weighted by Gasteiger charge is 2.17. The van der Waals surface area contributed by atoms with Crippen LogP contribution in [-0.4, -0.2) is 32.3 Å². The van der Waals surface area contributed by atoms with Crippen molar-refractivity contribution >= 4 is 27.3 Å². The minimum atomic E-state index is -3.28. The summed E-state index contributed by atoms with van der Waals surface area (Å²) in [7, 11) is -3.28. The van der Waals surface area contributed by atoms with E-state index in [2.05, 4.69) is 4.72 Å². The molecule has 0 aliphatic carbocycles. The predicted molar refractivity (Wildman–Crippen MR) is 62.2 cm³/mol. The molecule has 0 radical (unpaired) electrons. The Morgan fingerprint density at radius 2 is 2.31 bits per heavy atom. The van der Waals surface area contributed by atoms with E-state index in [4.69, 9.17) is 5.11 Å². The van der Waals surface area contributed by atoms with Gasteiger partial charge < -0.3 is 5.11 Å². The van der Waals surface area contributed by atoms with Gasteiger partial charge in [-0.25, -0.2) is 13.1 Å². The summed E-state index contributed by atoms with van der Waals surface area (Å²) >= 11 is 1.43. The van der Waals surface area contributed by atoms with Crippen LogP contribution in [0.4, 0.5) is 0 Å². The molecule has 0 saturated heterocycles. The van der Waals surface area contributed by atoms with Crippen molar-refractivity contribution in [2.24, 2.45) is 0 Å². The van der Waals surface area contributed by atoms with E-state index >= 15 is 0 Å². The van der Waals surface area contributed by atoms with Gasteiger partial charge in [0.15, 0.2) is 0 Å². The molecule has 0 saturated carbocycles. The van der Waals surface area contributed by atoms with Crippen LogP contribution in [0.1, 0.15) is 17.2 Å². The normalized spacial score (nSPS) is 13.6.